The van der Waals surface area contributed by atoms with E-state index in [1.807, 2.05) is 0 Å². The maximum Gasteiger partial charge on any atom is 0.240 e. The first kappa shape index (κ1) is 16.2. The molecule has 0 unspecified atom stereocenters. The van der Waals surface area contributed by atoms with Gasteiger partial charge in [-0.25, -0.2) is 0 Å². The zero-order chi connectivity index (χ0) is 16.4. The highest BCUT2D eigenvalue weighted by molar-refractivity contribution is 5.90. The minimum absolute atomic E-state index is 0.0607. The Morgan fingerprint density at radius 1 is 1.35 bits per heavy atom. The van der Waals surface area contributed by atoms with Gasteiger partial charge < -0.3 is 21.7 Å². The maximum absolute atomic E-state index is 12.5. The molecule has 3 atom stereocenters. The van der Waals surface area contributed by atoms with E-state index < -0.39 is 11.9 Å². The summed E-state index contributed by atoms with van der Waals surface area (Å²) >= 11 is 0. The Hall–Kier alpha value is -1.63. The van der Waals surface area contributed by atoms with Crippen LogP contribution in [0.3, 0.4) is 0 Å². The summed E-state index contributed by atoms with van der Waals surface area (Å²) in [5, 5.41) is 8.79. The lowest BCUT2D eigenvalue weighted by molar-refractivity contribution is -0.130. The van der Waals surface area contributed by atoms with E-state index in [1.54, 1.807) is 0 Å². The number of primary amides is 1. The van der Waals surface area contributed by atoms with Gasteiger partial charge in [0.05, 0.1) is 6.04 Å². The molecular weight excluding hydrogens is 296 g/mol. The molecule has 2 saturated heterocycles. The molecule has 0 aromatic rings. The van der Waals surface area contributed by atoms with Crippen molar-refractivity contribution in [3.8, 4) is 0 Å². The number of amides is 3. The fraction of sp³-hybridized carbons (Fsp3) is 0.812. The van der Waals surface area contributed by atoms with Crippen LogP contribution in [0.15, 0.2) is 0 Å². The first-order valence-corrected chi connectivity index (χ1v) is 8.60. The van der Waals surface area contributed by atoms with Crippen molar-refractivity contribution >= 4 is 17.7 Å². The first-order valence-electron chi connectivity index (χ1n) is 8.60. The molecule has 0 aromatic carbocycles. The quantitative estimate of drug-likeness (QED) is 0.541. The van der Waals surface area contributed by atoms with Gasteiger partial charge in [-0.15, -0.1) is 0 Å². The molecule has 2 heterocycles. The van der Waals surface area contributed by atoms with Gasteiger partial charge in [-0.1, -0.05) is 12.8 Å². The number of nitrogens with one attached hydrogen (secondary N) is 3. The van der Waals surface area contributed by atoms with Crippen LogP contribution in [0.5, 0.6) is 0 Å². The lowest BCUT2D eigenvalue weighted by atomic mass is 9.84. The number of carbonyl (C=O) groups excluding carboxylic acids is 3. The second-order valence-corrected chi connectivity index (χ2v) is 7.32. The molecule has 7 heteroatoms. The van der Waals surface area contributed by atoms with Crippen molar-refractivity contribution in [2.45, 2.75) is 57.0 Å². The second kappa shape index (κ2) is 6.47. The topological polar surface area (TPSA) is 113 Å². The molecule has 5 N–H and O–H groups in total. The summed E-state index contributed by atoms with van der Waals surface area (Å²) in [5.41, 5.74) is 5.68. The van der Waals surface area contributed by atoms with Gasteiger partial charge in [-0.05, 0) is 37.5 Å². The zero-order valence-corrected chi connectivity index (χ0v) is 13.4. The predicted octanol–water partition coefficient (Wildman–Crippen LogP) is -0.595. The number of hydrogen-bond acceptors (Lipinski definition) is 4. The Bertz CT molecular complexity index is 502. The van der Waals surface area contributed by atoms with E-state index in [9.17, 15) is 14.4 Å². The molecule has 1 aliphatic carbocycles. The van der Waals surface area contributed by atoms with Crippen LogP contribution in [-0.4, -0.2) is 42.9 Å². The summed E-state index contributed by atoms with van der Waals surface area (Å²) in [6, 6.07) is -1.04. The normalized spacial score (nSPS) is 30.3. The molecule has 7 nitrogen and oxygen atoms in total. The largest absolute Gasteiger partial charge is 0.368 e. The third kappa shape index (κ3) is 3.49. The molecule has 3 rings (SSSR count). The first-order chi connectivity index (χ1) is 11.0. The van der Waals surface area contributed by atoms with Crippen LogP contribution in [0.2, 0.25) is 0 Å². The van der Waals surface area contributed by atoms with Gasteiger partial charge in [-0.3, -0.25) is 14.4 Å². The fourth-order valence-electron chi connectivity index (χ4n) is 4.28. The van der Waals surface area contributed by atoms with Gasteiger partial charge in [0.15, 0.2) is 0 Å². The molecule has 0 radical (unpaired) electrons. The van der Waals surface area contributed by atoms with Crippen LogP contribution in [0, 0.1) is 11.3 Å². The van der Waals surface area contributed by atoms with Crippen LogP contribution in [0.25, 0.3) is 0 Å². The molecule has 3 amide bonds. The highest BCUT2D eigenvalue weighted by Crippen LogP contribution is 2.44. The van der Waals surface area contributed by atoms with Crippen molar-refractivity contribution in [3.63, 3.8) is 0 Å². The van der Waals surface area contributed by atoms with E-state index in [-0.39, 0.29) is 35.6 Å². The van der Waals surface area contributed by atoms with E-state index in [2.05, 4.69) is 16.0 Å². The average molecular weight is 322 g/mol. The lowest BCUT2D eigenvalue weighted by Crippen LogP contribution is -2.51. The zero-order valence-electron chi connectivity index (χ0n) is 13.4. The molecule has 0 bridgehead atoms. The summed E-state index contributed by atoms with van der Waals surface area (Å²) in [6.45, 7) is 1.49. The van der Waals surface area contributed by atoms with E-state index in [0.29, 0.717) is 13.0 Å². The molecule has 1 saturated carbocycles. The highest BCUT2D eigenvalue weighted by atomic mass is 16.2. The lowest BCUT2D eigenvalue weighted by Gasteiger charge is -2.22. The second-order valence-electron chi connectivity index (χ2n) is 7.32. The van der Waals surface area contributed by atoms with Gasteiger partial charge in [0.25, 0.3) is 0 Å². The molecule has 3 aliphatic rings. The van der Waals surface area contributed by atoms with Crippen LogP contribution < -0.4 is 21.7 Å². The van der Waals surface area contributed by atoms with Crippen molar-refractivity contribution < 1.29 is 14.4 Å². The number of nitrogens with two attached hydrogens (primary N) is 1. The van der Waals surface area contributed by atoms with Crippen molar-refractivity contribution in [2.75, 3.05) is 13.1 Å². The summed E-state index contributed by atoms with van der Waals surface area (Å²) in [7, 11) is 0. The third-order valence-corrected chi connectivity index (χ3v) is 5.68. The monoisotopic (exact) mass is 322 g/mol. The van der Waals surface area contributed by atoms with Gasteiger partial charge in [-0.2, -0.15) is 0 Å². The molecule has 128 valence electrons. The summed E-state index contributed by atoms with van der Waals surface area (Å²) < 4.78 is 0. The summed E-state index contributed by atoms with van der Waals surface area (Å²) in [6.07, 6.45) is 6.60. The van der Waals surface area contributed by atoms with Crippen molar-refractivity contribution in [2.24, 2.45) is 17.1 Å². The van der Waals surface area contributed by atoms with Gasteiger partial charge >= 0.3 is 0 Å². The minimum atomic E-state index is -0.779. The maximum atomic E-state index is 12.5. The molecule has 3 fully saturated rings. The van der Waals surface area contributed by atoms with E-state index in [0.717, 1.165) is 13.0 Å². The fourth-order valence-corrected chi connectivity index (χ4v) is 4.28. The van der Waals surface area contributed by atoms with Gasteiger partial charge in [0.1, 0.15) is 6.04 Å². The SMILES string of the molecule is NC(=O)[C@H](C[C@@H]1CCNC1=O)NC(=O)[C@@H]1CC2(CCCC2)CN1. The number of carbonyl (C=O) groups is 3. The van der Waals surface area contributed by atoms with Crippen molar-refractivity contribution in [1.82, 2.24) is 16.0 Å². The van der Waals surface area contributed by atoms with E-state index >= 15 is 0 Å². The van der Waals surface area contributed by atoms with E-state index in [4.69, 9.17) is 5.73 Å². The summed E-state index contributed by atoms with van der Waals surface area (Å²) in [4.78, 5) is 35.8. The van der Waals surface area contributed by atoms with Gasteiger partial charge in [0.2, 0.25) is 17.7 Å². The third-order valence-electron chi connectivity index (χ3n) is 5.68. The van der Waals surface area contributed by atoms with Crippen LogP contribution in [0.4, 0.5) is 0 Å². The summed E-state index contributed by atoms with van der Waals surface area (Å²) in [5.74, 6) is -1.05. The molecule has 23 heavy (non-hydrogen) atoms. The highest BCUT2D eigenvalue weighted by Gasteiger charge is 2.43. The van der Waals surface area contributed by atoms with Crippen LogP contribution in [-0.2, 0) is 14.4 Å². The Balaban J connectivity index is 1.56. The van der Waals surface area contributed by atoms with Crippen LogP contribution in [0.1, 0.15) is 44.9 Å². The number of hydrogen-bond donors (Lipinski definition) is 4. The Kier molecular flexibility index (Phi) is 4.57. The van der Waals surface area contributed by atoms with Gasteiger partial charge in [0, 0.05) is 19.0 Å². The van der Waals surface area contributed by atoms with Crippen LogP contribution >= 0.6 is 0 Å². The molecular formula is C16H26N4O3. The molecule has 0 aromatic heterocycles. The van der Waals surface area contributed by atoms with E-state index in [1.165, 1.54) is 25.7 Å². The predicted molar refractivity (Wildman–Crippen MR) is 84.2 cm³/mol. The Morgan fingerprint density at radius 2 is 2.09 bits per heavy atom. The average Bonchev–Trinajstić information content (AvgIpc) is 3.23. The Morgan fingerprint density at radius 3 is 2.70 bits per heavy atom. The van der Waals surface area contributed by atoms with Crippen molar-refractivity contribution in [3.05, 3.63) is 0 Å². The smallest absolute Gasteiger partial charge is 0.240 e. The Labute approximate surface area is 136 Å². The molecule has 2 aliphatic heterocycles. The standard InChI is InChI=1S/C16H26N4O3/c17-13(21)11(7-10-3-6-18-14(10)22)20-15(23)12-8-16(9-19-12)4-1-2-5-16/h10-12,19H,1-9H2,(H2,17,21)(H,18,22)(H,20,23)/t10-,11-,12-/m0/s1. The number of rotatable bonds is 5. The van der Waals surface area contributed by atoms with Crippen molar-refractivity contribution in [1.29, 1.82) is 0 Å². The minimum Gasteiger partial charge on any atom is -0.368 e. The molecule has 1 spiro atoms.